The van der Waals surface area contributed by atoms with Gasteiger partial charge in [-0.1, -0.05) is 12.1 Å². The molecule has 0 saturated carbocycles. The number of methoxy groups -OCH3 is 1. The third-order valence-corrected chi connectivity index (χ3v) is 5.22. The standard InChI is InChI=1S/C11H18N2O5S2/c1-11(2,8-18-3)13-20(16,17)10-7-5-4-6-9(10)19(12,14)15/h4-7,13H,8H2,1-3H3,(H2,12,14,15). The molecule has 0 aliphatic rings. The second kappa shape index (κ2) is 5.78. The first-order valence-electron chi connectivity index (χ1n) is 5.64. The molecule has 9 heteroatoms. The average molecular weight is 322 g/mol. The fraction of sp³-hybridized carbons (Fsp3) is 0.455. The number of sulfonamides is 2. The molecule has 0 fully saturated rings. The Hall–Kier alpha value is -1.00. The van der Waals surface area contributed by atoms with Gasteiger partial charge >= 0.3 is 0 Å². The van der Waals surface area contributed by atoms with Gasteiger partial charge in [0.2, 0.25) is 20.0 Å². The van der Waals surface area contributed by atoms with Gasteiger partial charge in [0.1, 0.15) is 9.79 Å². The molecule has 1 aromatic carbocycles. The molecule has 3 N–H and O–H groups in total. The van der Waals surface area contributed by atoms with Gasteiger partial charge in [-0.3, -0.25) is 0 Å². The maximum absolute atomic E-state index is 12.3. The minimum Gasteiger partial charge on any atom is -0.383 e. The Kier molecular flexibility index (Phi) is 4.93. The molecule has 0 amide bonds. The Bertz CT molecular complexity index is 681. The molecule has 0 heterocycles. The van der Waals surface area contributed by atoms with Crippen molar-refractivity contribution in [1.29, 1.82) is 0 Å². The van der Waals surface area contributed by atoms with Gasteiger partial charge in [0.15, 0.2) is 0 Å². The summed E-state index contributed by atoms with van der Waals surface area (Å²) in [5.74, 6) is 0. The Morgan fingerprint density at radius 3 is 2.10 bits per heavy atom. The summed E-state index contributed by atoms with van der Waals surface area (Å²) in [7, 11) is -6.74. The predicted molar refractivity (Wildman–Crippen MR) is 74.1 cm³/mol. The van der Waals surface area contributed by atoms with Crippen LogP contribution in [0.3, 0.4) is 0 Å². The van der Waals surface area contributed by atoms with Gasteiger partial charge in [0.05, 0.1) is 12.1 Å². The van der Waals surface area contributed by atoms with Crippen molar-refractivity contribution >= 4 is 20.0 Å². The lowest BCUT2D eigenvalue weighted by Gasteiger charge is -2.25. The second-order valence-corrected chi connectivity index (χ2v) is 8.09. The Labute approximate surface area is 119 Å². The Morgan fingerprint density at radius 2 is 1.65 bits per heavy atom. The van der Waals surface area contributed by atoms with E-state index in [1.165, 1.54) is 25.3 Å². The minimum absolute atomic E-state index is 0.129. The highest BCUT2D eigenvalue weighted by Gasteiger charge is 2.30. The van der Waals surface area contributed by atoms with Crippen LogP contribution in [0.15, 0.2) is 34.1 Å². The van der Waals surface area contributed by atoms with Gasteiger partial charge in [-0.2, -0.15) is 0 Å². The summed E-state index contributed by atoms with van der Waals surface area (Å²) in [6.45, 7) is 3.37. The molecule has 1 rings (SSSR count). The van der Waals surface area contributed by atoms with Gasteiger partial charge < -0.3 is 4.74 Å². The zero-order valence-electron chi connectivity index (χ0n) is 11.5. The largest absolute Gasteiger partial charge is 0.383 e. The van der Waals surface area contributed by atoms with Crippen molar-refractivity contribution in [1.82, 2.24) is 4.72 Å². The monoisotopic (exact) mass is 322 g/mol. The van der Waals surface area contributed by atoms with Gasteiger partial charge in [-0.15, -0.1) is 0 Å². The Balaban J connectivity index is 3.31. The van der Waals surface area contributed by atoms with E-state index < -0.39 is 30.5 Å². The smallest absolute Gasteiger partial charge is 0.242 e. The molecule has 0 saturated heterocycles. The van der Waals surface area contributed by atoms with Gasteiger partial charge in [0, 0.05) is 7.11 Å². The van der Waals surface area contributed by atoms with Crippen LogP contribution in [0.25, 0.3) is 0 Å². The lowest BCUT2D eigenvalue weighted by molar-refractivity contribution is 0.141. The number of nitrogens with one attached hydrogen (secondary N) is 1. The van der Waals surface area contributed by atoms with Gasteiger partial charge in [0.25, 0.3) is 0 Å². The minimum atomic E-state index is -4.13. The molecule has 0 aliphatic carbocycles. The van der Waals surface area contributed by atoms with Crippen molar-refractivity contribution in [2.75, 3.05) is 13.7 Å². The number of primary sulfonamides is 1. The van der Waals surface area contributed by atoms with E-state index in [2.05, 4.69) is 4.72 Å². The van der Waals surface area contributed by atoms with Crippen LogP contribution in [-0.2, 0) is 24.8 Å². The van der Waals surface area contributed by atoms with Crippen LogP contribution >= 0.6 is 0 Å². The maximum Gasteiger partial charge on any atom is 0.242 e. The number of hydrogen-bond acceptors (Lipinski definition) is 5. The van der Waals surface area contributed by atoms with Crippen LogP contribution in [-0.4, -0.2) is 36.1 Å². The van der Waals surface area contributed by atoms with Crippen LogP contribution in [0.4, 0.5) is 0 Å². The molecule has 0 atom stereocenters. The molecule has 20 heavy (non-hydrogen) atoms. The summed E-state index contributed by atoms with van der Waals surface area (Å²) in [4.78, 5) is -0.826. The van der Waals surface area contributed by atoms with E-state index in [-0.39, 0.29) is 11.5 Å². The highest BCUT2D eigenvalue weighted by molar-refractivity contribution is 7.92. The van der Waals surface area contributed by atoms with Crippen molar-refractivity contribution in [3.8, 4) is 0 Å². The predicted octanol–water partition coefficient (Wildman–Crippen LogP) is 0.0373. The molecular formula is C11H18N2O5S2. The number of hydrogen-bond donors (Lipinski definition) is 2. The quantitative estimate of drug-likeness (QED) is 0.767. The van der Waals surface area contributed by atoms with E-state index >= 15 is 0 Å². The molecule has 0 spiro atoms. The number of rotatable bonds is 6. The van der Waals surface area contributed by atoms with E-state index in [0.717, 1.165) is 6.07 Å². The van der Waals surface area contributed by atoms with Gasteiger partial charge in [-0.25, -0.2) is 26.7 Å². The molecular weight excluding hydrogens is 304 g/mol. The summed E-state index contributed by atoms with van der Waals surface area (Å²) in [6.07, 6.45) is 0. The molecule has 0 unspecified atom stereocenters. The zero-order valence-corrected chi connectivity index (χ0v) is 13.1. The number of benzene rings is 1. The summed E-state index contributed by atoms with van der Waals surface area (Å²) < 4.78 is 54.8. The van der Waals surface area contributed by atoms with Crippen LogP contribution < -0.4 is 9.86 Å². The summed E-state index contributed by atoms with van der Waals surface area (Å²) in [5, 5.41) is 5.03. The van der Waals surface area contributed by atoms with Crippen molar-refractivity contribution < 1.29 is 21.6 Å². The van der Waals surface area contributed by atoms with E-state index in [4.69, 9.17) is 9.88 Å². The van der Waals surface area contributed by atoms with Crippen LogP contribution in [0.5, 0.6) is 0 Å². The average Bonchev–Trinajstić information content (AvgIpc) is 2.26. The molecule has 7 nitrogen and oxygen atoms in total. The second-order valence-electron chi connectivity index (χ2n) is 4.91. The molecule has 0 aromatic heterocycles. The topological polar surface area (TPSA) is 116 Å². The summed E-state index contributed by atoms with van der Waals surface area (Å²) in [5.41, 5.74) is -0.890. The van der Waals surface area contributed by atoms with Gasteiger partial charge in [-0.05, 0) is 26.0 Å². The third kappa shape index (κ3) is 4.25. The van der Waals surface area contributed by atoms with Crippen molar-refractivity contribution in [2.45, 2.75) is 29.2 Å². The summed E-state index contributed by atoms with van der Waals surface area (Å²) >= 11 is 0. The Morgan fingerprint density at radius 1 is 1.15 bits per heavy atom. The van der Waals surface area contributed by atoms with Crippen LogP contribution in [0.2, 0.25) is 0 Å². The number of nitrogens with two attached hydrogens (primary N) is 1. The fourth-order valence-corrected chi connectivity index (χ4v) is 4.50. The lowest BCUT2D eigenvalue weighted by atomic mass is 10.1. The van der Waals surface area contributed by atoms with Crippen molar-refractivity contribution in [2.24, 2.45) is 5.14 Å². The molecule has 0 aliphatic heterocycles. The van der Waals surface area contributed by atoms with E-state index in [9.17, 15) is 16.8 Å². The first-order valence-corrected chi connectivity index (χ1v) is 8.67. The lowest BCUT2D eigenvalue weighted by Crippen LogP contribution is -2.46. The SMILES string of the molecule is COCC(C)(C)NS(=O)(=O)c1ccccc1S(N)(=O)=O. The molecule has 114 valence electrons. The molecule has 0 radical (unpaired) electrons. The highest BCUT2D eigenvalue weighted by atomic mass is 32.2. The van der Waals surface area contributed by atoms with Crippen LogP contribution in [0.1, 0.15) is 13.8 Å². The van der Waals surface area contributed by atoms with E-state index in [1.807, 2.05) is 0 Å². The normalized spacial score (nSPS) is 13.4. The third-order valence-electron chi connectivity index (χ3n) is 2.36. The van der Waals surface area contributed by atoms with Crippen LogP contribution in [0, 0.1) is 0 Å². The first kappa shape index (κ1) is 17.1. The summed E-state index contributed by atoms with van der Waals surface area (Å²) in [6, 6.07) is 5.16. The molecule has 1 aromatic rings. The van der Waals surface area contributed by atoms with E-state index in [1.54, 1.807) is 13.8 Å². The van der Waals surface area contributed by atoms with Crippen molar-refractivity contribution in [3.05, 3.63) is 24.3 Å². The van der Waals surface area contributed by atoms with Crippen molar-refractivity contribution in [3.63, 3.8) is 0 Å². The number of ether oxygens (including phenoxy) is 1. The maximum atomic E-state index is 12.3. The molecule has 0 bridgehead atoms. The fourth-order valence-electron chi connectivity index (χ4n) is 1.72. The van der Waals surface area contributed by atoms with E-state index in [0.29, 0.717) is 0 Å². The zero-order chi connectivity index (χ0) is 15.6. The first-order chi connectivity index (χ1) is 8.99. The highest BCUT2D eigenvalue weighted by Crippen LogP contribution is 2.21.